The van der Waals surface area contributed by atoms with Gasteiger partial charge in [0.25, 0.3) is 0 Å². The Morgan fingerprint density at radius 1 is 0.292 bits per heavy atom. The van der Waals surface area contributed by atoms with Crippen molar-refractivity contribution in [3.63, 3.8) is 0 Å². The van der Waals surface area contributed by atoms with Gasteiger partial charge in [-0.2, -0.15) is 0 Å². The van der Waals surface area contributed by atoms with Crippen LogP contribution in [0.25, 0.3) is 109 Å². The summed E-state index contributed by atoms with van der Waals surface area (Å²) in [7, 11) is 0. The SMILES string of the molecule is c1ccc2c(-c3cccc4c(-c5ccc6oc7cc8c(ccc9oc%10ccccc%10c98)cc7c6c5)c5ccccc5cc34)cccc2c1. The van der Waals surface area contributed by atoms with E-state index in [1.165, 1.54) is 60.0 Å². The van der Waals surface area contributed by atoms with Crippen LogP contribution >= 0.6 is 0 Å². The fourth-order valence-corrected chi connectivity index (χ4v) is 8.07. The van der Waals surface area contributed by atoms with E-state index >= 15 is 0 Å². The minimum absolute atomic E-state index is 0.883. The number of para-hydroxylation sites is 1. The van der Waals surface area contributed by atoms with Gasteiger partial charge in [0.05, 0.1) is 0 Å². The van der Waals surface area contributed by atoms with Gasteiger partial charge in [0.15, 0.2) is 0 Å². The van der Waals surface area contributed by atoms with Crippen molar-refractivity contribution in [2.75, 3.05) is 0 Å². The average molecular weight is 611 g/mol. The van der Waals surface area contributed by atoms with Crippen molar-refractivity contribution in [2.24, 2.45) is 0 Å². The van der Waals surface area contributed by atoms with Crippen molar-refractivity contribution >= 4 is 87.0 Å². The molecular formula is C46H26O2. The van der Waals surface area contributed by atoms with E-state index in [2.05, 4.69) is 146 Å². The summed E-state index contributed by atoms with van der Waals surface area (Å²) in [6.45, 7) is 0. The first kappa shape index (κ1) is 25.8. The molecule has 2 nitrogen and oxygen atoms in total. The number of hydrogen-bond acceptors (Lipinski definition) is 2. The quantitative estimate of drug-likeness (QED) is 0.182. The molecule has 2 heteroatoms. The maximum atomic E-state index is 6.55. The highest BCUT2D eigenvalue weighted by Gasteiger charge is 2.18. The highest BCUT2D eigenvalue weighted by molar-refractivity contribution is 6.23. The second kappa shape index (κ2) is 9.57. The number of benzene rings is 9. The molecule has 11 aromatic rings. The van der Waals surface area contributed by atoms with Crippen LogP contribution in [0, 0.1) is 0 Å². The molecule has 0 spiro atoms. The van der Waals surface area contributed by atoms with Crippen LogP contribution in [0.1, 0.15) is 0 Å². The van der Waals surface area contributed by atoms with E-state index in [1.54, 1.807) is 0 Å². The van der Waals surface area contributed by atoms with Gasteiger partial charge >= 0.3 is 0 Å². The van der Waals surface area contributed by atoms with E-state index in [-0.39, 0.29) is 0 Å². The lowest BCUT2D eigenvalue weighted by atomic mass is 9.87. The minimum Gasteiger partial charge on any atom is -0.456 e. The van der Waals surface area contributed by atoms with Crippen molar-refractivity contribution in [3.05, 3.63) is 158 Å². The van der Waals surface area contributed by atoms with Gasteiger partial charge < -0.3 is 8.83 Å². The molecule has 11 rings (SSSR count). The number of furan rings is 2. The summed E-state index contributed by atoms with van der Waals surface area (Å²) in [4.78, 5) is 0. The van der Waals surface area contributed by atoms with E-state index in [9.17, 15) is 0 Å². The zero-order valence-electron chi connectivity index (χ0n) is 25.8. The molecule has 0 saturated heterocycles. The molecule has 0 fully saturated rings. The van der Waals surface area contributed by atoms with Crippen LogP contribution in [0.5, 0.6) is 0 Å². The van der Waals surface area contributed by atoms with E-state index < -0.39 is 0 Å². The largest absolute Gasteiger partial charge is 0.456 e. The van der Waals surface area contributed by atoms with Gasteiger partial charge in [-0.05, 0) is 108 Å². The molecule has 0 unspecified atom stereocenters. The van der Waals surface area contributed by atoms with Gasteiger partial charge in [0.2, 0.25) is 0 Å². The van der Waals surface area contributed by atoms with Gasteiger partial charge in [-0.1, -0.05) is 115 Å². The second-order valence-electron chi connectivity index (χ2n) is 12.8. The predicted molar refractivity (Wildman–Crippen MR) is 202 cm³/mol. The molecule has 0 amide bonds. The Balaban J connectivity index is 1.18. The zero-order valence-corrected chi connectivity index (χ0v) is 25.8. The summed E-state index contributed by atoms with van der Waals surface area (Å²) in [5.41, 5.74) is 8.49. The first-order valence-electron chi connectivity index (χ1n) is 16.4. The third-order valence-corrected chi connectivity index (χ3v) is 10.2. The fraction of sp³-hybridized carbons (Fsp3) is 0. The summed E-state index contributed by atoms with van der Waals surface area (Å²) in [5, 5.41) is 14.3. The Bertz CT molecular complexity index is 3110. The van der Waals surface area contributed by atoms with Crippen LogP contribution in [-0.2, 0) is 0 Å². The van der Waals surface area contributed by atoms with Crippen LogP contribution in [0.15, 0.2) is 167 Å². The first-order chi connectivity index (χ1) is 23.8. The molecule has 0 saturated carbocycles. The zero-order chi connectivity index (χ0) is 31.3. The fourth-order valence-electron chi connectivity index (χ4n) is 8.07. The highest BCUT2D eigenvalue weighted by atomic mass is 16.3. The Morgan fingerprint density at radius 2 is 0.896 bits per heavy atom. The summed E-state index contributed by atoms with van der Waals surface area (Å²) in [6, 6.07) is 56.8. The maximum absolute atomic E-state index is 6.55. The minimum atomic E-state index is 0.883. The second-order valence-corrected chi connectivity index (χ2v) is 12.8. The molecule has 0 aliphatic carbocycles. The summed E-state index contributed by atoms with van der Waals surface area (Å²) < 4.78 is 12.7. The summed E-state index contributed by atoms with van der Waals surface area (Å²) >= 11 is 0. The summed E-state index contributed by atoms with van der Waals surface area (Å²) in [6.07, 6.45) is 0. The van der Waals surface area contributed by atoms with Crippen molar-refractivity contribution in [2.45, 2.75) is 0 Å². The molecule has 222 valence electrons. The van der Waals surface area contributed by atoms with Gasteiger partial charge in [0.1, 0.15) is 22.3 Å². The molecule has 2 heterocycles. The molecule has 0 atom stereocenters. The van der Waals surface area contributed by atoms with Crippen LogP contribution in [0.3, 0.4) is 0 Å². The lowest BCUT2D eigenvalue weighted by molar-refractivity contribution is 0.669. The summed E-state index contributed by atoms with van der Waals surface area (Å²) in [5.74, 6) is 0. The lowest BCUT2D eigenvalue weighted by Gasteiger charge is -2.16. The Kier molecular flexibility index (Phi) is 5.14. The van der Waals surface area contributed by atoms with E-state index in [1.807, 2.05) is 12.1 Å². The smallest absolute Gasteiger partial charge is 0.136 e. The number of fused-ring (bicyclic) bond motifs is 11. The van der Waals surface area contributed by atoms with Crippen LogP contribution in [0.4, 0.5) is 0 Å². The Labute approximate surface area is 275 Å². The highest BCUT2D eigenvalue weighted by Crippen LogP contribution is 2.44. The van der Waals surface area contributed by atoms with E-state index in [0.29, 0.717) is 0 Å². The third-order valence-electron chi connectivity index (χ3n) is 10.2. The third kappa shape index (κ3) is 3.57. The van der Waals surface area contributed by atoms with Gasteiger partial charge in [-0.15, -0.1) is 0 Å². The Hall–Kier alpha value is -6.38. The van der Waals surface area contributed by atoms with Gasteiger partial charge in [-0.3, -0.25) is 0 Å². The van der Waals surface area contributed by atoms with Crippen molar-refractivity contribution in [3.8, 4) is 22.3 Å². The van der Waals surface area contributed by atoms with Crippen molar-refractivity contribution in [1.82, 2.24) is 0 Å². The molecular weight excluding hydrogens is 585 g/mol. The topological polar surface area (TPSA) is 26.3 Å². The molecule has 0 N–H and O–H groups in total. The molecule has 48 heavy (non-hydrogen) atoms. The maximum Gasteiger partial charge on any atom is 0.136 e. The lowest BCUT2D eigenvalue weighted by Crippen LogP contribution is -1.89. The van der Waals surface area contributed by atoms with Crippen LogP contribution in [-0.4, -0.2) is 0 Å². The predicted octanol–water partition coefficient (Wildman–Crippen LogP) is 13.4. The van der Waals surface area contributed by atoms with E-state index in [0.717, 1.165) is 49.3 Å². The molecule has 2 aromatic heterocycles. The van der Waals surface area contributed by atoms with Crippen LogP contribution < -0.4 is 0 Å². The average Bonchev–Trinajstić information content (AvgIpc) is 3.70. The first-order valence-corrected chi connectivity index (χ1v) is 16.4. The standard InChI is InChI=1S/C46H26O2/c1-3-12-31-27(9-1)11-7-15-33(31)34-16-8-17-35-38(34)23-28-10-2-4-13-32(28)45(35)30-20-21-42-39(25-30)40-24-29-19-22-43-46(37(29)26-44(40)48-42)36-14-5-6-18-41(36)47-43/h1-26H. The molecule has 0 aliphatic heterocycles. The molecule has 9 aromatic carbocycles. The molecule has 0 aliphatic rings. The van der Waals surface area contributed by atoms with Gasteiger partial charge in [0, 0.05) is 21.5 Å². The van der Waals surface area contributed by atoms with Gasteiger partial charge in [-0.25, -0.2) is 0 Å². The van der Waals surface area contributed by atoms with Crippen molar-refractivity contribution in [1.29, 1.82) is 0 Å². The normalized spacial score (nSPS) is 12.2. The molecule has 0 bridgehead atoms. The number of hydrogen-bond donors (Lipinski definition) is 0. The number of rotatable bonds is 2. The Morgan fingerprint density at radius 3 is 1.81 bits per heavy atom. The van der Waals surface area contributed by atoms with Crippen molar-refractivity contribution < 1.29 is 8.83 Å². The van der Waals surface area contributed by atoms with E-state index in [4.69, 9.17) is 8.83 Å². The van der Waals surface area contributed by atoms with Crippen LogP contribution in [0.2, 0.25) is 0 Å². The molecule has 0 radical (unpaired) electrons. The monoisotopic (exact) mass is 610 g/mol.